The third-order valence-corrected chi connectivity index (χ3v) is 14.8. The molecule has 0 aromatic carbocycles. The average molecular weight is 1340 g/mol. The van der Waals surface area contributed by atoms with Crippen LogP contribution in [0.1, 0.15) is 54.6 Å². The molecule has 1 saturated heterocycles. The summed E-state index contributed by atoms with van der Waals surface area (Å²) in [7, 11) is 1.85. The number of nitrogens with one attached hydrogen (secondary N) is 3. The van der Waals surface area contributed by atoms with Crippen LogP contribution in [-0.4, -0.2) is 140 Å². The van der Waals surface area contributed by atoms with Gasteiger partial charge in [0.15, 0.2) is 0 Å². The first-order valence-corrected chi connectivity index (χ1v) is 31.7. The summed E-state index contributed by atoms with van der Waals surface area (Å²) in [5.74, 6) is -1.15. The zero-order chi connectivity index (χ0) is 67.4. The molecule has 0 radical (unpaired) electrons. The van der Waals surface area contributed by atoms with Gasteiger partial charge >= 0.3 is 29.6 Å². The molecular formula is C67H58N23NaO6S. The number of hydrogen-bond donors (Lipinski definition) is 3. The van der Waals surface area contributed by atoms with E-state index in [1.165, 1.54) is 12.4 Å². The van der Waals surface area contributed by atoms with Gasteiger partial charge in [0.05, 0.1) is 80.5 Å². The summed E-state index contributed by atoms with van der Waals surface area (Å²) in [5.41, 5.74) is 12.2. The Hall–Kier alpha value is -11.8. The van der Waals surface area contributed by atoms with Crippen LogP contribution in [0.15, 0.2) is 202 Å². The predicted molar refractivity (Wildman–Crippen MR) is 359 cm³/mol. The number of ether oxygens (including phenoxy) is 1. The van der Waals surface area contributed by atoms with Gasteiger partial charge in [-0.15, -0.1) is 5.69 Å². The van der Waals surface area contributed by atoms with Crippen molar-refractivity contribution in [2.24, 2.45) is 21.1 Å². The van der Waals surface area contributed by atoms with Crippen molar-refractivity contribution in [3.63, 3.8) is 0 Å². The summed E-state index contributed by atoms with van der Waals surface area (Å²) in [6.07, 6.45) is 24.8. The summed E-state index contributed by atoms with van der Waals surface area (Å²) in [6.45, 7) is 3.06. The van der Waals surface area contributed by atoms with Crippen LogP contribution in [0.5, 0.6) is 0 Å². The topological polar surface area (TPSA) is 358 Å². The molecule has 3 N–H and O–H groups in total. The largest absolute Gasteiger partial charge is 1.00 e. The van der Waals surface area contributed by atoms with E-state index in [1.807, 2.05) is 93.0 Å². The fourth-order valence-corrected chi connectivity index (χ4v) is 10.3. The van der Waals surface area contributed by atoms with Crippen LogP contribution in [0.3, 0.4) is 0 Å². The molecule has 14 heterocycles. The van der Waals surface area contributed by atoms with Crippen molar-refractivity contribution in [3.8, 4) is 68.1 Å². The van der Waals surface area contributed by atoms with Crippen LogP contribution in [0.4, 0.5) is 22.7 Å². The first-order valence-electron chi connectivity index (χ1n) is 29.8. The zero-order valence-corrected chi connectivity index (χ0v) is 56.4. The van der Waals surface area contributed by atoms with Crippen LogP contribution in [0.2, 0.25) is 0 Å². The van der Waals surface area contributed by atoms with Crippen LogP contribution >= 0.6 is 0 Å². The van der Waals surface area contributed by atoms with E-state index in [9.17, 15) is 22.8 Å². The zero-order valence-electron chi connectivity index (χ0n) is 53.6. The fourth-order valence-electron chi connectivity index (χ4n) is 9.86. The molecule has 1 fully saturated rings. The Bertz CT molecular complexity index is 5070. The Labute approximate surface area is 582 Å². The Morgan fingerprint density at radius 1 is 0.510 bits per heavy atom. The van der Waals surface area contributed by atoms with Crippen molar-refractivity contribution in [3.05, 3.63) is 241 Å². The number of carbonyl (C=O) groups excluding carboxylic acids is 3. The van der Waals surface area contributed by atoms with Crippen molar-refractivity contribution < 1.29 is 57.1 Å². The Balaban J connectivity index is 0.000000149. The van der Waals surface area contributed by atoms with E-state index < -0.39 is 27.7 Å². The van der Waals surface area contributed by atoms with E-state index in [-0.39, 0.29) is 58.6 Å². The van der Waals surface area contributed by atoms with Crippen molar-refractivity contribution in [1.29, 1.82) is 0 Å². The molecule has 0 atom stereocenters. The number of carbonyl (C=O) groups is 3. The van der Waals surface area contributed by atoms with Crippen molar-refractivity contribution in [1.82, 2.24) is 93.9 Å². The van der Waals surface area contributed by atoms with Crippen LogP contribution < -0.4 is 45.5 Å². The van der Waals surface area contributed by atoms with Gasteiger partial charge in [0.1, 0.15) is 28.5 Å². The molecule has 0 spiro atoms. The number of amides is 3. The molecule has 0 unspecified atom stereocenters. The minimum absolute atomic E-state index is 0. The number of nitrogens with zero attached hydrogens (tertiary/aromatic N) is 20. The number of sulfonamides is 1. The number of aromatic nitrogens is 19. The van der Waals surface area contributed by atoms with Crippen LogP contribution in [0, 0.1) is 6.92 Å². The Morgan fingerprint density at radius 2 is 1.00 bits per heavy atom. The molecule has 98 heavy (non-hydrogen) atoms. The molecule has 0 bridgehead atoms. The molecule has 31 heteroatoms. The molecule has 1 aliphatic heterocycles. The Kier molecular flexibility index (Phi) is 21.2. The maximum atomic E-state index is 13.1. The summed E-state index contributed by atoms with van der Waals surface area (Å²) < 4.78 is 38.6. The normalized spacial score (nSPS) is 11.7. The van der Waals surface area contributed by atoms with Gasteiger partial charge in [0, 0.05) is 143 Å². The molecule has 0 saturated carbocycles. The van der Waals surface area contributed by atoms with Gasteiger partial charge in [0.25, 0.3) is 17.7 Å². The minimum atomic E-state index is -3.58. The summed E-state index contributed by atoms with van der Waals surface area (Å²) >= 11 is 0. The maximum Gasteiger partial charge on any atom is 1.00 e. The van der Waals surface area contributed by atoms with Gasteiger partial charge in [-0.3, -0.25) is 63.0 Å². The van der Waals surface area contributed by atoms with Gasteiger partial charge in [-0.2, -0.15) is 20.4 Å². The van der Waals surface area contributed by atoms with Gasteiger partial charge in [0.2, 0.25) is 11.6 Å². The maximum absolute atomic E-state index is 13.1. The summed E-state index contributed by atoms with van der Waals surface area (Å²) in [5, 5.41) is 26.6. The molecule has 1 aliphatic rings. The number of anilines is 3. The second kappa shape index (κ2) is 30.7. The van der Waals surface area contributed by atoms with E-state index >= 15 is 0 Å². The first kappa shape index (κ1) is 67.6. The third kappa shape index (κ3) is 17.0. The second-order valence-electron chi connectivity index (χ2n) is 21.8. The van der Waals surface area contributed by atoms with Gasteiger partial charge in [-0.25, -0.2) is 33.3 Å². The van der Waals surface area contributed by atoms with Crippen molar-refractivity contribution >= 4 is 50.5 Å². The predicted octanol–water partition coefficient (Wildman–Crippen LogP) is 6.00. The van der Waals surface area contributed by atoms with Crippen LogP contribution in [0.25, 0.3) is 72.8 Å². The quantitative estimate of drug-likeness (QED) is 0.0880. The summed E-state index contributed by atoms with van der Waals surface area (Å²) in [4.78, 5) is 86.1. The van der Waals surface area contributed by atoms with E-state index in [0.29, 0.717) is 93.5 Å². The Morgan fingerprint density at radius 3 is 1.55 bits per heavy atom. The summed E-state index contributed by atoms with van der Waals surface area (Å²) in [6, 6.07) is 34.3. The number of aryl methyl sites for hydroxylation is 4. The van der Waals surface area contributed by atoms with Crippen molar-refractivity contribution in [2.75, 3.05) is 35.4 Å². The molecule has 484 valence electrons. The third-order valence-electron chi connectivity index (χ3n) is 14.3. The second-order valence-corrected chi connectivity index (χ2v) is 23.5. The van der Waals surface area contributed by atoms with E-state index in [2.05, 4.69) is 95.9 Å². The standard InChI is InChI=1S/C24H21N9O.C23H20N7O4S.C20H17N7O.Na/c1-32-14-16(21(30-32)18-7-3-5-10-25-18)13-17-9-12-27-23(28-17)24(34)29-20-15-33(2)31-22(20)19-8-4-6-11-26-19;1-35(32,33)29-16-9-15(10-24-11-16)18-6-4-7-20(26-18)23(31)27-21-12-30(17-13-34-14-17)28-22(21)19-5-2-3-8-25-19;1-13-9-14(11-21-10-13)15-6-8-23-19(24-15)20(28)25-17-12-27(2)26-18(17)16-5-3-4-7-22-16;/h3-12,14-15H,13H2,1-2H3,(H,29,34);2-12,17H,13-14H2,1H3,(H,27,31);3-12H,1-2H3,(H,25,28);/q;-1;;+1. The van der Waals surface area contributed by atoms with E-state index in [0.717, 1.165) is 34.3 Å². The van der Waals surface area contributed by atoms with Crippen molar-refractivity contribution in [2.45, 2.75) is 19.4 Å². The fraction of sp³-hybridized carbons (Fsp3) is 0.134. The van der Waals surface area contributed by atoms with Gasteiger partial charge < -0.3 is 25.4 Å². The molecule has 29 nitrogen and oxygen atoms in total. The van der Waals surface area contributed by atoms with E-state index in [1.54, 1.807) is 143 Å². The molecule has 13 aromatic rings. The molecular weight excluding hydrogens is 1280 g/mol. The minimum Gasteiger partial charge on any atom is -0.576 e. The number of pyridine rings is 7. The van der Waals surface area contributed by atoms with Gasteiger partial charge in [-0.1, -0.05) is 36.4 Å². The monoisotopic (exact) mass is 1340 g/mol. The van der Waals surface area contributed by atoms with E-state index in [4.69, 9.17) is 4.74 Å². The number of hydrogen-bond acceptors (Lipinski definition) is 21. The average Bonchev–Trinajstić information content (AvgIpc) is 1.70. The van der Waals surface area contributed by atoms with Crippen LogP contribution in [-0.2, 0) is 42.3 Å². The molecule has 0 aliphatic carbocycles. The number of rotatable bonds is 17. The van der Waals surface area contributed by atoms with Gasteiger partial charge in [-0.05, 0) is 91.3 Å². The first-order chi connectivity index (χ1) is 47.0. The smallest absolute Gasteiger partial charge is 0.576 e. The molecule has 13 aromatic heterocycles. The molecule has 3 amide bonds. The SMILES string of the molecule is CS(=O)(=O)[N-]c1cncc(-c2cccc(C(=O)Nc3cn(C4COC4)nc3-c3ccccn3)n2)c1.Cc1cncc(-c2ccnc(C(=O)Nc3cn(C)nc3-c3ccccn3)n2)c1.Cn1cc(Cc2ccnc(C(=O)Nc3cn(C)nc3-c3ccccn3)n2)c(-c2ccccn2)n1.[Na+]. The molecule has 14 rings (SSSR count).